The molecular weight excluding hydrogens is 226 g/mol. The largest absolute Gasteiger partial charge is 0.423 e. The smallest absolute Gasteiger partial charge is 0.229 e. The summed E-state index contributed by atoms with van der Waals surface area (Å²) in [6.45, 7) is 2.85. The van der Waals surface area contributed by atoms with Gasteiger partial charge in [0.15, 0.2) is 5.88 Å². The van der Waals surface area contributed by atoms with Gasteiger partial charge in [0.05, 0.1) is 6.54 Å². The molecule has 1 aromatic carbocycles. The topological polar surface area (TPSA) is 57.0 Å². The molecule has 0 bridgehead atoms. The summed E-state index contributed by atoms with van der Waals surface area (Å²) in [5, 5.41) is 0. The number of benzene rings is 1. The van der Waals surface area contributed by atoms with Crippen LogP contribution in [-0.4, -0.2) is 9.55 Å². The van der Waals surface area contributed by atoms with Crippen LogP contribution >= 0.6 is 0 Å². The van der Waals surface area contributed by atoms with Crippen molar-refractivity contribution < 1.29 is 4.42 Å². The number of imidazole rings is 1. The maximum absolute atomic E-state index is 5.67. The molecule has 0 spiro atoms. The van der Waals surface area contributed by atoms with Crippen molar-refractivity contribution >= 4 is 17.1 Å². The Labute approximate surface area is 105 Å². The number of aromatic nitrogens is 2. The van der Waals surface area contributed by atoms with Gasteiger partial charge in [0.1, 0.15) is 11.3 Å². The molecule has 2 heterocycles. The molecule has 0 unspecified atom stereocenters. The lowest BCUT2D eigenvalue weighted by Crippen LogP contribution is -2.04. The first-order valence-electron chi connectivity index (χ1n) is 6.06. The van der Waals surface area contributed by atoms with E-state index >= 15 is 0 Å². The summed E-state index contributed by atoms with van der Waals surface area (Å²) in [6, 6.07) is 12.0. The van der Waals surface area contributed by atoms with Gasteiger partial charge in [0.2, 0.25) is 5.71 Å². The number of rotatable bonds is 3. The lowest BCUT2D eigenvalue weighted by molar-refractivity contribution is 0.583. The van der Waals surface area contributed by atoms with Crippen LogP contribution in [0, 0.1) is 0 Å². The number of nitrogens with zero attached hydrogens (tertiary/aromatic N) is 2. The molecule has 0 radical (unpaired) electrons. The van der Waals surface area contributed by atoms with E-state index in [2.05, 4.69) is 28.6 Å². The summed E-state index contributed by atoms with van der Waals surface area (Å²) in [5.74, 6) is 1.43. The van der Waals surface area contributed by atoms with Gasteiger partial charge in [-0.05, 0) is 5.56 Å². The van der Waals surface area contributed by atoms with Gasteiger partial charge >= 0.3 is 0 Å². The van der Waals surface area contributed by atoms with Crippen LogP contribution in [0.25, 0.3) is 11.2 Å². The van der Waals surface area contributed by atoms with E-state index < -0.39 is 0 Å². The third-order valence-electron chi connectivity index (χ3n) is 3.02. The fourth-order valence-corrected chi connectivity index (χ4v) is 2.18. The molecule has 18 heavy (non-hydrogen) atoms. The third kappa shape index (κ3) is 1.76. The lowest BCUT2D eigenvalue weighted by Gasteiger charge is -2.06. The Kier molecular flexibility index (Phi) is 2.55. The van der Waals surface area contributed by atoms with E-state index in [4.69, 9.17) is 10.2 Å². The predicted octanol–water partition coefficient (Wildman–Crippen LogP) is 2.82. The maximum atomic E-state index is 5.67. The molecule has 0 amide bonds. The average Bonchev–Trinajstić information content (AvgIpc) is 2.88. The second-order valence-corrected chi connectivity index (χ2v) is 4.29. The Bertz CT molecular complexity index is 667. The highest BCUT2D eigenvalue weighted by Gasteiger charge is 2.13. The number of fused-ring (bicyclic) bond motifs is 1. The molecular formula is C14H15N3O. The zero-order valence-corrected chi connectivity index (χ0v) is 10.3. The van der Waals surface area contributed by atoms with E-state index in [-0.39, 0.29) is 0 Å². The maximum Gasteiger partial charge on any atom is 0.229 e. The molecule has 4 heteroatoms. The van der Waals surface area contributed by atoms with E-state index in [9.17, 15) is 0 Å². The Morgan fingerprint density at radius 1 is 1.28 bits per heavy atom. The highest BCUT2D eigenvalue weighted by Crippen LogP contribution is 2.23. The second-order valence-electron chi connectivity index (χ2n) is 4.29. The first-order chi connectivity index (χ1) is 8.78. The van der Waals surface area contributed by atoms with Gasteiger partial charge in [-0.25, -0.2) is 4.98 Å². The van der Waals surface area contributed by atoms with Gasteiger partial charge in [-0.1, -0.05) is 37.3 Å². The summed E-state index contributed by atoms with van der Waals surface area (Å²) in [6.07, 6.45) is 0.872. The first kappa shape index (κ1) is 10.9. The molecule has 4 nitrogen and oxygen atoms in total. The van der Waals surface area contributed by atoms with Crippen molar-refractivity contribution in [3.8, 4) is 0 Å². The van der Waals surface area contributed by atoms with Crippen LogP contribution in [0.1, 0.15) is 18.3 Å². The van der Waals surface area contributed by atoms with Crippen LogP contribution in [0.5, 0.6) is 0 Å². The quantitative estimate of drug-likeness (QED) is 0.767. The summed E-state index contributed by atoms with van der Waals surface area (Å²) in [7, 11) is 0. The van der Waals surface area contributed by atoms with Crippen molar-refractivity contribution in [1.82, 2.24) is 9.55 Å². The van der Waals surface area contributed by atoms with Crippen LogP contribution in [0.4, 0.5) is 5.88 Å². The van der Waals surface area contributed by atoms with Crippen molar-refractivity contribution in [2.24, 2.45) is 0 Å². The summed E-state index contributed by atoms with van der Waals surface area (Å²) < 4.78 is 7.62. The van der Waals surface area contributed by atoms with Crippen LogP contribution in [0.3, 0.4) is 0 Å². The summed E-state index contributed by atoms with van der Waals surface area (Å²) in [5.41, 5.74) is 8.48. The fourth-order valence-electron chi connectivity index (χ4n) is 2.18. The van der Waals surface area contributed by atoms with Crippen molar-refractivity contribution in [1.29, 1.82) is 0 Å². The van der Waals surface area contributed by atoms with Gasteiger partial charge in [-0.15, -0.1) is 0 Å². The minimum Gasteiger partial charge on any atom is -0.423 e. The highest BCUT2D eigenvalue weighted by atomic mass is 16.4. The molecule has 3 rings (SSSR count). The second kappa shape index (κ2) is 4.22. The lowest BCUT2D eigenvalue weighted by atomic mass is 10.2. The summed E-state index contributed by atoms with van der Waals surface area (Å²) in [4.78, 5) is 4.54. The molecule has 0 saturated heterocycles. The van der Waals surface area contributed by atoms with Gasteiger partial charge < -0.3 is 10.2 Å². The summed E-state index contributed by atoms with van der Waals surface area (Å²) >= 11 is 0. The molecule has 92 valence electrons. The van der Waals surface area contributed by atoms with E-state index in [0.29, 0.717) is 5.88 Å². The molecule has 0 aliphatic rings. The number of hydrogen-bond donors (Lipinski definition) is 1. The Morgan fingerprint density at radius 3 is 2.78 bits per heavy atom. The normalized spacial score (nSPS) is 11.2. The monoisotopic (exact) mass is 241 g/mol. The molecule has 2 N–H and O–H groups in total. The molecule has 0 aliphatic heterocycles. The molecule has 0 fully saturated rings. The predicted molar refractivity (Wildman–Crippen MR) is 71.3 cm³/mol. The molecule has 0 atom stereocenters. The molecule has 0 aliphatic carbocycles. The average molecular weight is 241 g/mol. The van der Waals surface area contributed by atoms with Crippen LogP contribution in [0.2, 0.25) is 0 Å². The van der Waals surface area contributed by atoms with E-state index in [1.165, 1.54) is 5.56 Å². The third-order valence-corrected chi connectivity index (χ3v) is 3.02. The van der Waals surface area contributed by atoms with E-state index in [0.717, 1.165) is 30.0 Å². The SMILES string of the molecule is CCc1nc2cc(N)oc2n1Cc1ccccc1. The minimum absolute atomic E-state index is 0.414. The Morgan fingerprint density at radius 2 is 2.06 bits per heavy atom. The highest BCUT2D eigenvalue weighted by molar-refractivity contribution is 5.74. The number of nitrogens with two attached hydrogens (primary N) is 1. The Balaban J connectivity index is 2.08. The van der Waals surface area contributed by atoms with Gasteiger partial charge in [-0.3, -0.25) is 4.57 Å². The number of furan rings is 1. The fraction of sp³-hybridized carbons (Fsp3) is 0.214. The minimum atomic E-state index is 0.414. The van der Waals surface area contributed by atoms with E-state index in [1.807, 2.05) is 18.2 Å². The van der Waals surface area contributed by atoms with Gasteiger partial charge in [0, 0.05) is 12.5 Å². The van der Waals surface area contributed by atoms with Crippen molar-refractivity contribution in [2.45, 2.75) is 19.9 Å². The van der Waals surface area contributed by atoms with Crippen molar-refractivity contribution in [3.05, 3.63) is 47.8 Å². The van der Waals surface area contributed by atoms with Gasteiger partial charge in [0.25, 0.3) is 0 Å². The zero-order valence-electron chi connectivity index (χ0n) is 10.3. The zero-order chi connectivity index (χ0) is 12.5. The van der Waals surface area contributed by atoms with Crippen LogP contribution in [0.15, 0.2) is 40.8 Å². The molecule has 2 aromatic heterocycles. The molecule has 3 aromatic rings. The number of anilines is 1. The number of aryl methyl sites for hydroxylation is 1. The first-order valence-corrected chi connectivity index (χ1v) is 6.06. The van der Waals surface area contributed by atoms with Crippen molar-refractivity contribution in [2.75, 3.05) is 5.73 Å². The number of nitrogen functional groups attached to an aromatic ring is 1. The Hall–Kier alpha value is -2.23. The van der Waals surface area contributed by atoms with Crippen LogP contribution < -0.4 is 5.73 Å². The van der Waals surface area contributed by atoms with E-state index in [1.54, 1.807) is 6.07 Å². The van der Waals surface area contributed by atoms with Gasteiger partial charge in [-0.2, -0.15) is 0 Å². The standard InChI is InChI=1S/C14H15N3O/c1-2-13-16-11-8-12(15)18-14(11)17(13)9-10-6-4-3-5-7-10/h3-8H,2,9,15H2,1H3. The number of hydrogen-bond acceptors (Lipinski definition) is 3. The van der Waals surface area contributed by atoms with Crippen LogP contribution in [-0.2, 0) is 13.0 Å². The molecule has 0 saturated carbocycles. The van der Waals surface area contributed by atoms with Crippen molar-refractivity contribution in [3.63, 3.8) is 0 Å².